The van der Waals surface area contributed by atoms with Gasteiger partial charge in [-0.2, -0.15) is 0 Å². The summed E-state index contributed by atoms with van der Waals surface area (Å²) in [6.45, 7) is 2.11. The first-order valence-electron chi connectivity index (χ1n) is 6.36. The number of piperidine rings is 1. The number of halogens is 2. The molecule has 1 aromatic carbocycles. The first kappa shape index (κ1) is 17.0. The van der Waals surface area contributed by atoms with Gasteiger partial charge in [-0.1, -0.05) is 30.3 Å². The van der Waals surface area contributed by atoms with Gasteiger partial charge in [0.1, 0.15) is 6.61 Å². The minimum absolute atomic E-state index is 0.118. The lowest BCUT2D eigenvalue weighted by Crippen LogP contribution is -2.30. The zero-order valence-corrected chi connectivity index (χ0v) is 12.5. The smallest absolute Gasteiger partial charge is 0.404 e. The van der Waals surface area contributed by atoms with E-state index in [0.29, 0.717) is 0 Å². The molecule has 0 aromatic heterocycles. The second kappa shape index (κ2) is 9.75. The van der Waals surface area contributed by atoms with Crippen LogP contribution in [0.4, 0.5) is 4.79 Å². The maximum atomic E-state index is 10.5. The van der Waals surface area contributed by atoms with Gasteiger partial charge in [0, 0.05) is 17.5 Å². The Morgan fingerprint density at radius 3 is 2.20 bits per heavy atom. The van der Waals surface area contributed by atoms with Gasteiger partial charge in [0.15, 0.2) is 0 Å². The molecule has 4 nitrogen and oxygen atoms in total. The van der Waals surface area contributed by atoms with Crippen LogP contribution in [0.1, 0.15) is 18.4 Å². The van der Waals surface area contributed by atoms with Crippen molar-refractivity contribution < 1.29 is 14.3 Å². The van der Waals surface area contributed by atoms with E-state index in [4.69, 9.17) is 23.2 Å². The summed E-state index contributed by atoms with van der Waals surface area (Å²) in [6.07, 6.45) is 1.81. The van der Waals surface area contributed by atoms with E-state index >= 15 is 0 Å². The fourth-order valence-electron chi connectivity index (χ4n) is 1.76. The highest BCUT2D eigenvalue weighted by atomic mass is 35.5. The molecule has 0 spiro atoms. The standard InChI is InChI=1S/C8H7ClO2.C6H10ClNO/c9-8(10)11-6-7-4-2-1-3-5-7;7-6(9)5-1-3-8-4-2-5/h1-5H,6H2;5,8H,1-4H2. The molecule has 0 aliphatic carbocycles. The minimum Gasteiger partial charge on any atom is -0.449 e. The minimum atomic E-state index is -0.770. The van der Waals surface area contributed by atoms with Gasteiger partial charge in [0.05, 0.1) is 0 Å². The number of ether oxygens (including phenoxy) is 1. The number of hydrogen-bond donors (Lipinski definition) is 1. The van der Waals surface area contributed by atoms with Crippen molar-refractivity contribution in [3.8, 4) is 0 Å². The molecule has 1 aliphatic heterocycles. The number of rotatable bonds is 3. The average Bonchev–Trinajstić information content (AvgIpc) is 2.48. The van der Waals surface area contributed by atoms with E-state index in [9.17, 15) is 9.59 Å². The number of nitrogens with one attached hydrogen (secondary N) is 1. The Bertz CT molecular complexity index is 420. The molecule has 1 N–H and O–H groups in total. The van der Waals surface area contributed by atoms with E-state index in [1.807, 2.05) is 30.3 Å². The lowest BCUT2D eigenvalue weighted by molar-refractivity contribution is -0.115. The highest BCUT2D eigenvalue weighted by Crippen LogP contribution is 2.13. The van der Waals surface area contributed by atoms with Gasteiger partial charge < -0.3 is 10.1 Å². The number of benzene rings is 1. The van der Waals surface area contributed by atoms with Crippen LogP contribution < -0.4 is 5.32 Å². The molecular weight excluding hydrogens is 301 g/mol. The Labute approximate surface area is 128 Å². The molecule has 0 saturated carbocycles. The van der Waals surface area contributed by atoms with E-state index in [1.54, 1.807) is 0 Å². The zero-order valence-electron chi connectivity index (χ0n) is 11.0. The Hall–Kier alpha value is -1.10. The van der Waals surface area contributed by atoms with Crippen LogP contribution in [-0.2, 0) is 16.1 Å². The van der Waals surface area contributed by atoms with Crippen LogP contribution in [0.25, 0.3) is 0 Å². The molecule has 110 valence electrons. The van der Waals surface area contributed by atoms with Crippen LogP contribution >= 0.6 is 23.2 Å². The molecule has 0 bridgehead atoms. The van der Waals surface area contributed by atoms with Gasteiger partial charge in [-0.15, -0.1) is 0 Å². The molecule has 1 aromatic rings. The summed E-state index contributed by atoms with van der Waals surface area (Å²) in [5, 5.41) is 2.99. The maximum absolute atomic E-state index is 10.5. The normalized spacial score (nSPS) is 14.9. The Balaban J connectivity index is 0.000000204. The summed E-state index contributed by atoms with van der Waals surface area (Å²) in [7, 11) is 0. The fraction of sp³-hybridized carbons (Fsp3) is 0.429. The third-order valence-electron chi connectivity index (χ3n) is 2.86. The molecule has 20 heavy (non-hydrogen) atoms. The van der Waals surface area contributed by atoms with Gasteiger partial charge in [0.25, 0.3) is 0 Å². The van der Waals surface area contributed by atoms with Crippen molar-refractivity contribution in [2.45, 2.75) is 19.4 Å². The third-order valence-corrected chi connectivity index (χ3v) is 3.27. The van der Waals surface area contributed by atoms with Gasteiger partial charge >= 0.3 is 5.43 Å². The summed E-state index contributed by atoms with van der Waals surface area (Å²) in [6, 6.07) is 9.36. The predicted octanol–water partition coefficient (Wildman–Crippen LogP) is 3.31. The van der Waals surface area contributed by atoms with Crippen molar-refractivity contribution in [1.29, 1.82) is 0 Å². The summed E-state index contributed by atoms with van der Waals surface area (Å²) in [5.41, 5.74) is 0.162. The molecule has 0 radical (unpaired) electrons. The first-order chi connectivity index (χ1) is 9.59. The van der Waals surface area contributed by atoms with E-state index in [0.717, 1.165) is 31.5 Å². The summed E-state index contributed by atoms with van der Waals surface area (Å²) in [5.74, 6) is 0.118. The maximum Gasteiger partial charge on any atom is 0.404 e. The topological polar surface area (TPSA) is 55.4 Å². The van der Waals surface area contributed by atoms with Crippen LogP contribution in [0, 0.1) is 5.92 Å². The summed E-state index contributed by atoms with van der Waals surface area (Å²) in [4.78, 5) is 20.7. The van der Waals surface area contributed by atoms with Crippen molar-refractivity contribution in [3.05, 3.63) is 35.9 Å². The van der Waals surface area contributed by atoms with Crippen LogP contribution in [0.2, 0.25) is 0 Å². The van der Waals surface area contributed by atoms with Gasteiger partial charge in [0.2, 0.25) is 5.24 Å². The highest BCUT2D eigenvalue weighted by Gasteiger charge is 2.18. The molecule has 0 atom stereocenters. The first-order valence-corrected chi connectivity index (χ1v) is 7.11. The van der Waals surface area contributed by atoms with E-state index in [-0.39, 0.29) is 17.8 Å². The number of carbonyl (C=O) groups is 2. The fourth-order valence-corrected chi connectivity index (χ4v) is 2.04. The molecule has 1 heterocycles. The van der Waals surface area contributed by atoms with Crippen LogP contribution in [0.5, 0.6) is 0 Å². The molecule has 2 rings (SSSR count). The lowest BCUT2D eigenvalue weighted by Gasteiger charge is -2.18. The monoisotopic (exact) mass is 317 g/mol. The van der Waals surface area contributed by atoms with Crippen molar-refractivity contribution in [1.82, 2.24) is 5.32 Å². The Kier molecular flexibility index (Phi) is 8.26. The molecule has 1 fully saturated rings. The van der Waals surface area contributed by atoms with Crippen molar-refractivity contribution >= 4 is 33.9 Å². The highest BCUT2D eigenvalue weighted by molar-refractivity contribution is 6.64. The van der Waals surface area contributed by atoms with Crippen LogP contribution in [-0.4, -0.2) is 23.8 Å². The summed E-state index contributed by atoms with van der Waals surface area (Å²) >= 11 is 10.3. The number of hydrogen-bond acceptors (Lipinski definition) is 4. The molecule has 0 unspecified atom stereocenters. The molecule has 1 saturated heterocycles. The van der Waals surface area contributed by atoms with E-state index < -0.39 is 5.43 Å². The second-order valence-electron chi connectivity index (χ2n) is 4.34. The molecule has 0 amide bonds. The average molecular weight is 318 g/mol. The third kappa shape index (κ3) is 7.48. The SMILES string of the molecule is O=C(Cl)C1CCNCC1.O=C(Cl)OCc1ccccc1. The predicted molar refractivity (Wildman–Crippen MR) is 78.9 cm³/mol. The van der Waals surface area contributed by atoms with Gasteiger partial charge in [-0.25, -0.2) is 4.79 Å². The molecular formula is C14H17Cl2NO3. The summed E-state index contributed by atoms with van der Waals surface area (Å²) < 4.78 is 4.55. The second-order valence-corrected chi connectivity index (χ2v) is 5.02. The molecule has 6 heteroatoms. The zero-order chi connectivity index (χ0) is 14.8. The lowest BCUT2D eigenvalue weighted by atomic mass is 10.0. The van der Waals surface area contributed by atoms with E-state index in [1.165, 1.54) is 0 Å². The van der Waals surface area contributed by atoms with Gasteiger partial charge in [-0.3, -0.25) is 4.79 Å². The van der Waals surface area contributed by atoms with Crippen molar-refractivity contribution in [3.63, 3.8) is 0 Å². The van der Waals surface area contributed by atoms with Crippen molar-refractivity contribution in [2.24, 2.45) is 5.92 Å². The van der Waals surface area contributed by atoms with E-state index in [2.05, 4.69) is 10.1 Å². The Morgan fingerprint density at radius 2 is 1.75 bits per heavy atom. The molecule has 1 aliphatic rings. The van der Waals surface area contributed by atoms with Crippen LogP contribution in [0.3, 0.4) is 0 Å². The quantitative estimate of drug-likeness (QED) is 0.869. The van der Waals surface area contributed by atoms with Gasteiger partial charge in [-0.05, 0) is 43.1 Å². The van der Waals surface area contributed by atoms with Crippen molar-refractivity contribution in [2.75, 3.05) is 13.1 Å². The Morgan fingerprint density at radius 1 is 1.15 bits per heavy atom. The largest absolute Gasteiger partial charge is 0.449 e. The van der Waals surface area contributed by atoms with Crippen LogP contribution in [0.15, 0.2) is 30.3 Å². The number of carbonyl (C=O) groups excluding carboxylic acids is 2.